The van der Waals surface area contributed by atoms with Crippen LogP contribution < -0.4 is 15.4 Å². The van der Waals surface area contributed by atoms with Gasteiger partial charge in [0.25, 0.3) is 11.8 Å². The first kappa shape index (κ1) is 22.7. The Bertz CT molecular complexity index is 1180. The molecule has 1 fully saturated rings. The fourth-order valence-electron chi connectivity index (χ4n) is 3.73. The second kappa shape index (κ2) is 9.20. The van der Waals surface area contributed by atoms with Crippen LogP contribution in [0.25, 0.3) is 0 Å². The molecule has 0 unspecified atom stereocenters. The number of ether oxygens (including phenoxy) is 1. The van der Waals surface area contributed by atoms with Crippen molar-refractivity contribution in [2.75, 3.05) is 38.1 Å². The van der Waals surface area contributed by atoms with Crippen molar-refractivity contribution in [1.29, 1.82) is 0 Å². The summed E-state index contributed by atoms with van der Waals surface area (Å²) < 4.78 is 32.7. The van der Waals surface area contributed by atoms with Crippen molar-refractivity contribution < 1.29 is 27.5 Å². The van der Waals surface area contributed by atoms with E-state index in [0.29, 0.717) is 17.0 Å². The quantitative estimate of drug-likeness (QED) is 0.659. The molecule has 0 bridgehead atoms. The fourth-order valence-corrected chi connectivity index (χ4v) is 5.17. The van der Waals surface area contributed by atoms with Crippen LogP contribution in [0, 0.1) is 0 Å². The zero-order chi connectivity index (χ0) is 23.6. The summed E-state index contributed by atoms with van der Waals surface area (Å²) in [5.41, 5.74) is 0.767. The van der Waals surface area contributed by atoms with Crippen LogP contribution in [0.2, 0.25) is 0 Å². The van der Waals surface area contributed by atoms with Gasteiger partial charge in [-0.2, -0.15) is 4.31 Å². The highest BCUT2D eigenvalue weighted by Crippen LogP contribution is 2.31. The molecule has 1 saturated heterocycles. The number of nitrogens with zero attached hydrogens (tertiary/aromatic N) is 2. The third-order valence-electron chi connectivity index (χ3n) is 5.53. The number of nitrogens with one attached hydrogen (secondary N) is 2. The first-order chi connectivity index (χ1) is 15.8. The minimum Gasteiger partial charge on any atom is -0.482 e. The molecule has 2 aromatic rings. The number of hydrogen-bond donors (Lipinski definition) is 2. The van der Waals surface area contributed by atoms with Gasteiger partial charge in [0.15, 0.2) is 6.61 Å². The molecule has 33 heavy (non-hydrogen) atoms. The Kier molecular flexibility index (Phi) is 6.34. The number of rotatable bonds is 5. The molecule has 10 nitrogen and oxygen atoms in total. The van der Waals surface area contributed by atoms with E-state index in [1.54, 1.807) is 42.2 Å². The van der Waals surface area contributed by atoms with Crippen molar-refractivity contribution in [3.63, 3.8) is 0 Å². The second-order valence-corrected chi connectivity index (χ2v) is 9.72. The monoisotopic (exact) mass is 472 g/mol. The van der Waals surface area contributed by atoms with Gasteiger partial charge in [0.1, 0.15) is 11.8 Å². The second-order valence-electron chi connectivity index (χ2n) is 7.79. The molecule has 0 aromatic heterocycles. The van der Waals surface area contributed by atoms with Crippen LogP contribution in [0.15, 0.2) is 53.4 Å². The predicted octanol–water partition coefficient (Wildman–Crippen LogP) is 0.669. The third-order valence-corrected chi connectivity index (χ3v) is 7.42. The summed E-state index contributed by atoms with van der Waals surface area (Å²) in [6.07, 6.45) is 0. The van der Waals surface area contributed by atoms with Crippen LogP contribution in [-0.4, -0.2) is 74.2 Å². The third kappa shape index (κ3) is 4.83. The van der Waals surface area contributed by atoms with E-state index in [-0.39, 0.29) is 55.4 Å². The van der Waals surface area contributed by atoms with Crippen LogP contribution in [0.4, 0.5) is 5.69 Å². The number of benzene rings is 2. The first-order valence-electron chi connectivity index (χ1n) is 10.5. The Morgan fingerprint density at radius 1 is 1.06 bits per heavy atom. The van der Waals surface area contributed by atoms with Crippen LogP contribution in [0.5, 0.6) is 5.75 Å². The zero-order valence-electron chi connectivity index (χ0n) is 18.0. The lowest BCUT2D eigenvalue weighted by Gasteiger charge is -2.35. The maximum Gasteiger partial charge on any atom is 0.262 e. The standard InChI is InChI=1S/C22H24N4O6S/c1-15(23-21(28)16-5-3-2-4-6-16)22(29)25-9-11-26(12-10-25)33(30,31)17-7-8-19-18(13-17)24-20(27)14-32-19/h2-8,13,15H,9-12,14H2,1H3,(H,23,28)(H,24,27)/t15-/m0/s1. The molecule has 0 radical (unpaired) electrons. The molecule has 2 aliphatic rings. The van der Waals surface area contributed by atoms with Gasteiger partial charge in [-0.25, -0.2) is 8.42 Å². The number of carbonyl (C=O) groups excluding carboxylic acids is 3. The molecule has 2 aromatic carbocycles. The molecule has 2 heterocycles. The van der Waals surface area contributed by atoms with Crippen molar-refractivity contribution in [3.8, 4) is 5.75 Å². The lowest BCUT2D eigenvalue weighted by molar-refractivity contribution is -0.134. The Balaban J connectivity index is 1.37. The summed E-state index contributed by atoms with van der Waals surface area (Å²) >= 11 is 0. The van der Waals surface area contributed by atoms with Crippen LogP contribution >= 0.6 is 0 Å². The van der Waals surface area contributed by atoms with Crippen molar-refractivity contribution in [2.45, 2.75) is 17.9 Å². The Hall–Kier alpha value is -3.44. The normalized spacial score (nSPS) is 17.4. The van der Waals surface area contributed by atoms with Gasteiger partial charge in [-0.3, -0.25) is 14.4 Å². The SMILES string of the molecule is C[C@H](NC(=O)c1ccccc1)C(=O)N1CCN(S(=O)(=O)c2ccc3c(c2)NC(=O)CO3)CC1. The highest BCUT2D eigenvalue weighted by molar-refractivity contribution is 7.89. The average Bonchev–Trinajstić information content (AvgIpc) is 2.83. The van der Waals surface area contributed by atoms with Gasteiger partial charge in [0.05, 0.1) is 10.6 Å². The average molecular weight is 473 g/mol. The van der Waals surface area contributed by atoms with E-state index in [9.17, 15) is 22.8 Å². The van der Waals surface area contributed by atoms with E-state index in [1.807, 2.05) is 0 Å². The largest absolute Gasteiger partial charge is 0.482 e. The summed E-state index contributed by atoms with van der Waals surface area (Å²) in [6, 6.07) is 12.2. The number of carbonyl (C=O) groups is 3. The van der Waals surface area contributed by atoms with E-state index in [2.05, 4.69) is 10.6 Å². The van der Waals surface area contributed by atoms with Crippen molar-refractivity contribution in [1.82, 2.24) is 14.5 Å². The number of fused-ring (bicyclic) bond motifs is 1. The molecular formula is C22H24N4O6S. The van der Waals surface area contributed by atoms with Crippen LogP contribution in [-0.2, 0) is 19.6 Å². The maximum atomic E-state index is 13.1. The van der Waals surface area contributed by atoms with Crippen LogP contribution in [0.1, 0.15) is 17.3 Å². The maximum absolute atomic E-state index is 13.1. The number of anilines is 1. The zero-order valence-corrected chi connectivity index (χ0v) is 18.8. The van der Waals surface area contributed by atoms with E-state index in [4.69, 9.17) is 4.74 Å². The number of piperazine rings is 1. The predicted molar refractivity (Wildman–Crippen MR) is 119 cm³/mol. The van der Waals surface area contributed by atoms with Crippen LogP contribution in [0.3, 0.4) is 0 Å². The first-order valence-corrected chi connectivity index (χ1v) is 11.9. The summed E-state index contributed by atoms with van der Waals surface area (Å²) in [6.45, 7) is 2.14. The molecule has 2 N–H and O–H groups in total. The molecular weight excluding hydrogens is 448 g/mol. The molecule has 4 rings (SSSR count). The van der Waals surface area contributed by atoms with E-state index in [0.717, 1.165) is 0 Å². The lowest BCUT2D eigenvalue weighted by Crippen LogP contribution is -2.55. The number of sulfonamides is 1. The molecule has 2 aliphatic heterocycles. The highest BCUT2D eigenvalue weighted by Gasteiger charge is 2.32. The summed E-state index contributed by atoms with van der Waals surface area (Å²) in [4.78, 5) is 38.2. The van der Waals surface area contributed by atoms with Crippen molar-refractivity contribution in [3.05, 3.63) is 54.1 Å². The van der Waals surface area contributed by atoms with Gasteiger partial charge in [-0.1, -0.05) is 18.2 Å². The molecule has 1 atom stereocenters. The summed E-state index contributed by atoms with van der Waals surface area (Å²) in [5, 5.41) is 5.29. The van der Waals surface area contributed by atoms with E-state index >= 15 is 0 Å². The smallest absolute Gasteiger partial charge is 0.262 e. The Labute approximate surface area is 191 Å². The summed E-state index contributed by atoms with van der Waals surface area (Å²) in [7, 11) is -3.82. The number of amides is 3. The molecule has 3 amide bonds. The molecule has 0 saturated carbocycles. The van der Waals surface area contributed by atoms with Crippen molar-refractivity contribution in [2.24, 2.45) is 0 Å². The van der Waals surface area contributed by atoms with E-state index in [1.165, 1.54) is 22.5 Å². The molecule has 11 heteroatoms. The van der Waals surface area contributed by atoms with Gasteiger partial charge in [-0.15, -0.1) is 0 Å². The molecule has 0 spiro atoms. The molecule has 0 aliphatic carbocycles. The Morgan fingerprint density at radius 2 is 1.76 bits per heavy atom. The van der Waals surface area contributed by atoms with Gasteiger partial charge in [0, 0.05) is 31.7 Å². The highest BCUT2D eigenvalue weighted by atomic mass is 32.2. The van der Waals surface area contributed by atoms with Crippen molar-refractivity contribution >= 4 is 33.4 Å². The number of hydrogen-bond acceptors (Lipinski definition) is 6. The van der Waals surface area contributed by atoms with E-state index < -0.39 is 16.1 Å². The lowest BCUT2D eigenvalue weighted by atomic mass is 10.2. The minimum atomic E-state index is -3.82. The topological polar surface area (TPSA) is 125 Å². The summed E-state index contributed by atoms with van der Waals surface area (Å²) in [5.74, 6) is -0.556. The van der Waals surface area contributed by atoms with Gasteiger partial charge in [0.2, 0.25) is 15.9 Å². The minimum absolute atomic E-state index is 0.0373. The van der Waals surface area contributed by atoms with Gasteiger partial charge < -0.3 is 20.3 Å². The Morgan fingerprint density at radius 3 is 2.45 bits per heavy atom. The molecule has 174 valence electrons. The van der Waals surface area contributed by atoms with Gasteiger partial charge >= 0.3 is 0 Å². The fraction of sp³-hybridized carbons (Fsp3) is 0.318. The van der Waals surface area contributed by atoms with Gasteiger partial charge in [-0.05, 0) is 37.3 Å².